The maximum atomic E-state index is 12.3. The van der Waals surface area contributed by atoms with Crippen molar-refractivity contribution in [2.45, 2.75) is 24.2 Å². The number of carbonyl (C=O) groups is 2. The lowest BCUT2D eigenvalue weighted by molar-refractivity contribution is -0.126. The fourth-order valence-corrected chi connectivity index (χ4v) is 4.68. The first-order valence-electron chi connectivity index (χ1n) is 9.76. The van der Waals surface area contributed by atoms with Crippen LogP contribution in [-0.4, -0.2) is 51.3 Å². The summed E-state index contributed by atoms with van der Waals surface area (Å²) in [6.07, 6.45) is 2.26. The van der Waals surface area contributed by atoms with Crippen LogP contribution in [0.1, 0.15) is 17.7 Å². The fraction of sp³-hybridized carbons (Fsp3) is 0.400. The predicted molar refractivity (Wildman–Crippen MR) is 117 cm³/mol. The van der Waals surface area contributed by atoms with E-state index in [9.17, 15) is 18.0 Å². The van der Waals surface area contributed by atoms with Crippen LogP contribution in [0.5, 0.6) is 0 Å². The SMILES string of the molecule is NS(=O)(=O)c1cccc(NC(=O)CN2CCC(C(=O)NCCc3cccs3)CC2)c1. The van der Waals surface area contributed by atoms with Crippen LogP contribution in [0.4, 0.5) is 5.69 Å². The average Bonchev–Trinajstić information content (AvgIpc) is 3.21. The van der Waals surface area contributed by atoms with Gasteiger partial charge in [-0.3, -0.25) is 14.5 Å². The summed E-state index contributed by atoms with van der Waals surface area (Å²) in [4.78, 5) is 27.8. The molecule has 0 spiro atoms. The van der Waals surface area contributed by atoms with Gasteiger partial charge >= 0.3 is 0 Å². The van der Waals surface area contributed by atoms with Gasteiger partial charge in [0.15, 0.2) is 0 Å². The summed E-state index contributed by atoms with van der Waals surface area (Å²) in [7, 11) is -3.82. The van der Waals surface area contributed by atoms with E-state index in [-0.39, 0.29) is 29.2 Å². The Balaban J connectivity index is 1.40. The highest BCUT2D eigenvalue weighted by Crippen LogP contribution is 2.18. The second-order valence-electron chi connectivity index (χ2n) is 7.29. The molecule has 8 nitrogen and oxygen atoms in total. The Labute approximate surface area is 180 Å². The minimum atomic E-state index is -3.82. The van der Waals surface area contributed by atoms with E-state index >= 15 is 0 Å². The van der Waals surface area contributed by atoms with Crippen molar-refractivity contribution in [1.82, 2.24) is 10.2 Å². The number of nitrogens with one attached hydrogen (secondary N) is 2. The summed E-state index contributed by atoms with van der Waals surface area (Å²) in [5.74, 6) is -0.185. The topological polar surface area (TPSA) is 122 Å². The molecule has 162 valence electrons. The normalized spacial score (nSPS) is 15.6. The number of thiophene rings is 1. The molecule has 2 aromatic rings. The number of nitrogens with zero attached hydrogens (tertiary/aromatic N) is 1. The number of piperidine rings is 1. The van der Waals surface area contributed by atoms with Crippen LogP contribution in [0.3, 0.4) is 0 Å². The van der Waals surface area contributed by atoms with E-state index in [1.807, 2.05) is 16.3 Å². The minimum Gasteiger partial charge on any atom is -0.355 e. The van der Waals surface area contributed by atoms with Gasteiger partial charge in [-0.05, 0) is 62.0 Å². The van der Waals surface area contributed by atoms with E-state index < -0.39 is 10.0 Å². The van der Waals surface area contributed by atoms with E-state index in [1.165, 1.54) is 23.1 Å². The fourth-order valence-electron chi connectivity index (χ4n) is 3.42. The molecule has 1 aliphatic rings. The van der Waals surface area contributed by atoms with Crippen LogP contribution < -0.4 is 15.8 Å². The third-order valence-corrected chi connectivity index (χ3v) is 6.87. The molecule has 0 radical (unpaired) electrons. The molecule has 0 atom stereocenters. The maximum absolute atomic E-state index is 12.3. The lowest BCUT2D eigenvalue weighted by Gasteiger charge is -2.30. The molecule has 1 aliphatic heterocycles. The first-order chi connectivity index (χ1) is 14.3. The highest BCUT2D eigenvalue weighted by molar-refractivity contribution is 7.89. The molecular formula is C20H26N4O4S2. The molecule has 4 N–H and O–H groups in total. The number of benzene rings is 1. The molecule has 30 heavy (non-hydrogen) atoms. The number of likely N-dealkylation sites (tertiary alicyclic amines) is 1. The summed E-state index contributed by atoms with van der Waals surface area (Å²) < 4.78 is 22.8. The summed E-state index contributed by atoms with van der Waals surface area (Å²) in [6, 6.07) is 9.91. The van der Waals surface area contributed by atoms with Gasteiger partial charge in [0.1, 0.15) is 0 Å². The van der Waals surface area contributed by atoms with Gasteiger partial charge in [-0.25, -0.2) is 13.6 Å². The first kappa shape index (κ1) is 22.4. The van der Waals surface area contributed by atoms with E-state index in [2.05, 4.69) is 16.7 Å². The Morgan fingerprint density at radius 1 is 1.17 bits per heavy atom. The summed E-state index contributed by atoms with van der Waals surface area (Å²) in [5, 5.41) is 12.8. The van der Waals surface area contributed by atoms with Crippen molar-refractivity contribution in [2.75, 3.05) is 31.5 Å². The molecular weight excluding hydrogens is 424 g/mol. The lowest BCUT2D eigenvalue weighted by atomic mass is 9.96. The number of amides is 2. The van der Waals surface area contributed by atoms with Gasteiger partial charge < -0.3 is 10.6 Å². The van der Waals surface area contributed by atoms with Gasteiger partial charge in [-0.2, -0.15) is 0 Å². The lowest BCUT2D eigenvalue weighted by Crippen LogP contribution is -2.43. The number of hydrogen-bond donors (Lipinski definition) is 3. The molecule has 10 heteroatoms. The first-order valence-corrected chi connectivity index (χ1v) is 12.2. The molecule has 2 amide bonds. The number of rotatable bonds is 8. The molecule has 2 heterocycles. The van der Waals surface area contributed by atoms with Crippen molar-refractivity contribution in [3.63, 3.8) is 0 Å². The van der Waals surface area contributed by atoms with Gasteiger partial charge in [0, 0.05) is 23.0 Å². The number of hydrogen-bond acceptors (Lipinski definition) is 6. The molecule has 3 rings (SSSR count). The highest BCUT2D eigenvalue weighted by atomic mass is 32.2. The second-order valence-corrected chi connectivity index (χ2v) is 9.89. The quantitative estimate of drug-likeness (QED) is 0.561. The third kappa shape index (κ3) is 6.63. The molecule has 0 saturated carbocycles. The molecule has 0 bridgehead atoms. The molecule has 1 aromatic carbocycles. The second kappa shape index (κ2) is 10.2. The van der Waals surface area contributed by atoms with E-state index in [0.717, 1.165) is 6.42 Å². The van der Waals surface area contributed by atoms with Gasteiger partial charge in [-0.15, -0.1) is 11.3 Å². The Morgan fingerprint density at radius 3 is 2.60 bits per heavy atom. The number of anilines is 1. The molecule has 0 aliphatic carbocycles. The Hall–Kier alpha value is -2.27. The van der Waals surface area contributed by atoms with Crippen LogP contribution in [0.2, 0.25) is 0 Å². The van der Waals surface area contributed by atoms with E-state index in [1.54, 1.807) is 17.4 Å². The van der Waals surface area contributed by atoms with E-state index in [4.69, 9.17) is 5.14 Å². The molecule has 1 fully saturated rings. The van der Waals surface area contributed by atoms with Crippen LogP contribution in [0.25, 0.3) is 0 Å². The van der Waals surface area contributed by atoms with Crippen LogP contribution in [0.15, 0.2) is 46.7 Å². The van der Waals surface area contributed by atoms with Crippen LogP contribution in [0, 0.1) is 5.92 Å². The van der Waals surface area contributed by atoms with Crippen molar-refractivity contribution in [2.24, 2.45) is 11.1 Å². The van der Waals surface area contributed by atoms with Crippen molar-refractivity contribution in [3.05, 3.63) is 46.7 Å². The van der Waals surface area contributed by atoms with Gasteiger partial charge in [0.2, 0.25) is 21.8 Å². The Bertz CT molecular complexity index is 968. The van der Waals surface area contributed by atoms with Gasteiger partial charge in [-0.1, -0.05) is 12.1 Å². The van der Waals surface area contributed by atoms with Crippen molar-refractivity contribution < 1.29 is 18.0 Å². The number of primary sulfonamides is 1. The summed E-state index contributed by atoms with van der Waals surface area (Å²) in [6.45, 7) is 2.15. The Morgan fingerprint density at radius 2 is 1.93 bits per heavy atom. The van der Waals surface area contributed by atoms with Crippen LogP contribution >= 0.6 is 11.3 Å². The summed E-state index contributed by atoms with van der Waals surface area (Å²) in [5.41, 5.74) is 0.381. The van der Waals surface area contributed by atoms with Crippen molar-refractivity contribution in [1.29, 1.82) is 0 Å². The smallest absolute Gasteiger partial charge is 0.238 e. The zero-order valence-electron chi connectivity index (χ0n) is 16.5. The molecule has 1 aromatic heterocycles. The third-order valence-electron chi connectivity index (χ3n) is 5.02. The zero-order chi connectivity index (χ0) is 21.6. The van der Waals surface area contributed by atoms with Gasteiger partial charge in [0.25, 0.3) is 0 Å². The minimum absolute atomic E-state index is 0.0286. The number of nitrogens with two attached hydrogens (primary N) is 1. The largest absolute Gasteiger partial charge is 0.355 e. The average molecular weight is 451 g/mol. The summed E-state index contributed by atoms with van der Waals surface area (Å²) >= 11 is 1.69. The zero-order valence-corrected chi connectivity index (χ0v) is 18.2. The number of sulfonamides is 1. The van der Waals surface area contributed by atoms with Crippen molar-refractivity contribution >= 4 is 38.9 Å². The highest BCUT2D eigenvalue weighted by Gasteiger charge is 2.25. The van der Waals surface area contributed by atoms with Crippen molar-refractivity contribution in [3.8, 4) is 0 Å². The predicted octanol–water partition coefficient (Wildman–Crippen LogP) is 1.40. The van der Waals surface area contributed by atoms with E-state index in [0.29, 0.717) is 38.2 Å². The number of carbonyl (C=O) groups excluding carboxylic acids is 2. The monoisotopic (exact) mass is 450 g/mol. The molecule has 1 saturated heterocycles. The standard InChI is InChI=1S/C20H26N4O4S2/c21-30(27,28)18-5-1-3-16(13-18)23-19(25)14-24-10-7-15(8-11-24)20(26)22-9-6-17-4-2-12-29-17/h1-5,12-13,15H,6-11,14H2,(H,22,26)(H,23,25)(H2,21,27,28). The molecule has 0 unspecified atom stereocenters. The van der Waals surface area contributed by atoms with Crippen LogP contribution in [-0.2, 0) is 26.0 Å². The maximum Gasteiger partial charge on any atom is 0.238 e. The Kier molecular flexibility index (Phi) is 7.59. The van der Waals surface area contributed by atoms with Gasteiger partial charge in [0.05, 0.1) is 11.4 Å².